The molecule has 0 aliphatic rings. The fourth-order valence-corrected chi connectivity index (χ4v) is 3.56. The van der Waals surface area contributed by atoms with Gasteiger partial charge in [0.25, 0.3) is 0 Å². The van der Waals surface area contributed by atoms with Gasteiger partial charge < -0.3 is 4.90 Å². The fourth-order valence-electron chi connectivity index (χ4n) is 1.92. The van der Waals surface area contributed by atoms with Crippen molar-refractivity contribution in [2.45, 2.75) is 23.1 Å². The number of nitriles is 1. The third kappa shape index (κ3) is 4.44. The van der Waals surface area contributed by atoms with Crippen LogP contribution < -0.4 is 4.90 Å². The lowest BCUT2D eigenvalue weighted by molar-refractivity contribution is 0.599. The summed E-state index contributed by atoms with van der Waals surface area (Å²) in [6, 6.07) is 6.05. The van der Waals surface area contributed by atoms with Crippen molar-refractivity contribution in [1.29, 1.82) is 5.26 Å². The van der Waals surface area contributed by atoms with Crippen LogP contribution in [0.25, 0.3) is 0 Å². The van der Waals surface area contributed by atoms with Crippen molar-refractivity contribution in [3.8, 4) is 6.07 Å². The maximum Gasteiger partial charge on any atom is 0.177 e. The molecule has 0 heterocycles. The molecule has 0 radical (unpaired) electrons. The first-order chi connectivity index (χ1) is 9.61. The third-order valence-corrected chi connectivity index (χ3v) is 5.21. The molecule has 1 aromatic carbocycles. The van der Waals surface area contributed by atoms with Gasteiger partial charge in [0.05, 0.1) is 28.0 Å². The average Bonchev–Trinajstić information content (AvgIpc) is 2.37. The highest BCUT2D eigenvalue weighted by atomic mass is 32.2. The summed E-state index contributed by atoms with van der Waals surface area (Å²) in [4.78, 5) is 1.67. The molecule has 0 atom stereocenters. The predicted molar refractivity (Wildman–Crippen MR) is 80.8 cm³/mol. The van der Waals surface area contributed by atoms with Crippen molar-refractivity contribution in [1.82, 2.24) is 0 Å². The molecule has 1 rings (SSSR count). The molecule has 0 aliphatic heterocycles. The topological polar surface area (TPSA) is 95.3 Å². The van der Waals surface area contributed by atoms with Gasteiger partial charge in [0.2, 0.25) is 0 Å². The van der Waals surface area contributed by atoms with Gasteiger partial charge in [0, 0.05) is 25.6 Å². The number of hydrogen-bond donors (Lipinski definition) is 0. The zero-order valence-electron chi connectivity index (χ0n) is 12.2. The van der Waals surface area contributed by atoms with Crippen LogP contribution in [-0.2, 0) is 19.7 Å². The van der Waals surface area contributed by atoms with E-state index in [1.807, 2.05) is 13.0 Å². The lowest BCUT2D eigenvalue weighted by Gasteiger charge is -2.24. The second-order valence-corrected chi connectivity index (χ2v) is 8.66. The average molecular weight is 330 g/mol. The zero-order valence-corrected chi connectivity index (χ0v) is 13.8. The van der Waals surface area contributed by atoms with Crippen molar-refractivity contribution in [3.05, 3.63) is 18.2 Å². The van der Waals surface area contributed by atoms with Gasteiger partial charge in [-0.05, 0) is 25.1 Å². The van der Waals surface area contributed by atoms with Crippen LogP contribution >= 0.6 is 0 Å². The van der Waals surface area contributed by atoms with E-state index >= 15 is 0 Å². The minimum Gasteiger partial charge on any atom is -0.370 e. The van der Waals surface area contributed by atoms with E-state index in [0.29, 0.717) is 18.8 Å². The molecule has 0 N–H and O–H groups in total. The Morgan fingerprint density at radius 1 is 1.14 bits per heavy atom. The van der Waals surface area contributed by atoms with Crippen LogP contribution in [0, 0.1) is 11.3 Å². The van der Waals surface area contributed by atoms with Crippen LogP contribution in [0.3, 0.4) is 0 Å². The summed E-state index contributed by atoms with van der Waals surface area (Å²) in [6.07, 6.45) is 2.32. The molecule has 116 valence electrons. The second kappa shape index (κ2) is 6.45. The van der Waals surface area contributed by atoms with E-state index in [2.05, 4.69) is 0 Å². The van der Waals surface area contributed by atoms with Crippen LogP contribution in [0.4, 0.5) is 5.69 Å². The molecular weight excluding hydrogens is 312 g/mol. The Balaban J connectivity index is 3.49. The van der Waals surface area contributed by atoms with Gasteiger partial charge in [-0.1, -0.05) is 0 Å². The van der Waals surface area contributed by atoms with Crippen molar-refractivity contribution in [2.24, 2.45) is 0 Å². The molecule has 21 heavy (non-hydrogen) atoms. The molecule has 0 aliphatic carbocycles. The van der Waals surface area contributed by atoms with Crippen LogP contribution in [-0.4, -0.2) is 42.4 Å². The Kier molecular flexibility index (Phi) is 5.36. The highest BCUT2D eigenvalue weighted by Gasteiger charge is 2.20. The third-order valence-electron chi connectivity index (χ3n) is 2.97. The molecule has 1 aromatic rings. The van der Waals surface area contributed by atoms with Gasteiger partial charge >= 0.3 is 0 Å². The molecule has 0 fully saturated rings. The van der Waals surface area contributed by atoms with Crippen molar-refractivity contribution in [2.75, 3.05) is 30.5 Å². The Morgan fingerprint density at radius 2 is 1.76 bits per heavy atom. The van der Waals surface area contributed by atoms with Crippen molar-refractivity contribution >= 4 is 25.4 Å². The number of anilines is 1. The van der Waals surface area contributed by atoms with E-state index in [4.69, 9.17) is 5.26 Å². The van der Waals surface area contributed by atoms with E-state index in [-0.39, 0.29) is 16.2 Å². The molecular formula is C13H18N2O4S2. The van der Waals surface area contributed by atoms with Gasteiger partial charge in [-0.15, -0.1) is 0 Å². The van der Waals surface area contributed by atoms with Crippen molar-refractivity contribution in [3.63, 3.8) is 0 Å². The van der Waals surface area contributed by atoms with Crippen LogP contribution in [0.2, 0.25) is 0 Å². The first-order valence-electron chi connectivity index (χ1n) is 6.27. The molecule has 0 bridgehead atoms. The Bertz CT molecular complexity index is 762. The maximum absolute atomic E-state index is 11.9. The van der Waals surface area contributed by atoms with Crippen LogP contribution in [0.1, 0.15) is 13.3 Å². The summed E-state index contributed by atoms with van der Waals surface area (Å²) in [7, 11) is -7.07. The molecule has 0 aromatic heterocycles. The lowest BCUT2D eigenvalue weighted by Crippen LogP contribution is -2.25. The summed E-state index contributed by atoms with van der Waals surface area (Å²) >= 11 is 0. The summed E-state index contributed by atoms with van der Waals surface area (Å²) in [5, 5.41) is 8.66. The standard InChI is InChI=1S/C13H18N2O4S2/c1-4-15(9-5-8-14)12-7-6-11(20(2,16)17)10-13(12)21(3,18)19/h6-7,10H,4-5,9H2,1-3H3. The lowest BCUT2D eigenvalue weighted by atomic mass is 10.2. The molecule has 0 spiro atoms. The summed E-state index contributed by atoms with van der Waals surface area (Å²) < 4.78 is 47.0. The number of sulfone groups is 2. The van der Waals surface area contributed by atoms with Crippen LogP contribution in [0.15, 0.2) is 28.0 Å². The molecule has 8 heteroatoms. The number of hydrogen-bond acceptors (Lipinski definition) is 6. The monoisotopic (exact) mass is 330 g/mol. The summed E-state index contributed by atoms with van der Waals surface area (Å²) in [5.41, 5.74) is 0.419. The smallest absolute Gasteiger partial charge is 0.177 e. The van der Waals surface area contributed by atoms with E-state index in [1.165, 1.54) is 18.2 Å². The zero-order chi connectivity index (χ0) is 16.3. The largest absolute Gasteiger partial charge is 0.370 e. The normalized spacial score (nSPS) is 11.9. The maximum atomic E-state index is 11.9. The molecule has 0 saturated heterocycles. The molecule has 0 amide bonds. The number of nitrogens with zero attached hydrogens (tertiary/aromatic N) is 2. The summed E-state index contributed by atoms with van der Waals surface area (Å²) in [6.45, 7) is 2.74. The van der Waals surface area contributed by atoms with Gasteiger partial charge in [-0.2, -0.15) is 5.26 Å². The predicted octanol–water partition coefficient (Wildman–Crippen LogP) is 1.23. The highest BCUT2D eigenvalue weighted by Crippen LogP contribution is 2.28. The highest BCUT2D eigenvalue weighted by molar-refractivity contribution is 7.91. The van der Waals surface area contributed by atoms with E-state index in [1.54, 1.807) is 4.90 Å². The van der Waals surface area contributed by atoms with Crippen molar-refractivity contribution < 1.29 is 16.8 Å². The Hall–Kier alpha value is -1.59. The summed E-state index contributed by atoms with van der Waals surface area (Å²) in [5.74, 6) is 0. The number of rotatable bonds is 6. The van der Waals surface area contributed by atoms with E-state index in [0.717, 1.165) is 12.5 Å². The SMILES string of the molecule is CCN(CCC#N)c1ccc(S(C)(=O)=O)cc1S(C)(=O)=O. The number of benzene rings is 1. The minimum absolute atomic E-state index is 0.0368. The van der Waals surface area contributed by atoms with Gasteiger partial charge in [-0.3, -0.25) is 0 Å². The Morgan fingerprint density at radius 3 is 2.19 bits per heavy atom. The molecule has 6 nitrogen and oxygen atoms in total. The van der Waals surface area contributed by atoms with Gasteiger partial charge in [0.1, 0.15) is 0 Å². The second-order valence-electron chi connectivity index (χ2n) is 4.66. The van der Waals surface area contributed by atoms with E-state index in [9.17, 15) is 16.8 Å². The Labute approximate surface area is 125 Å². The minimum atomic E-state index is -3.59. The van der Waals surface area contributed by atoms with Gasteiger partial charge in [0.15, 0.2) is 19.7 Å². The molecule has 0 unspecified atom stereocenters. The van der Waals surface area contributed by atoms with E-state index < -0.39 is 19.7 Å². The molecule has 0 saturated carbocycles. The van der Waals surface area contributed by atoms with Crippen LogP contribution in [0.5, 0.6) is 0 Å². The quantitative estimate of drug-likeness (QED) is 0.778. The fraction of sp³-hybridized carbons (Fsp3) is 0.462. The first-order valence-corrected chi connectivity index (χ1v) is 10.1. The van der Waals surface area contributed by atoms with Gasteiger partial charge in [-0.25, -0.2) is 16.8 Å². The first kappa shape index (κ1) is 17.5.